The van der Waals surface area contributed by atoms with Gasteiger partial charge in [-0.05, 0) is 67.9 Å². The molecule has 2 aromatic rings. The molecule has 0 saturated heterocycles. The van der Waals surface area contributed by atoms with Crippen LogP contribution in [0.5, 0.6) is 5.75 Å². The molecule has 0 spiro atoms. The van der Waals surface area contributed by atoms with Crippen molar-refractivity contribution in [2.75, 3.05) is 13.2 Å². The number of carboxylic acids is 1. The van der Waals surface area contributed by atoms with Gasteiger partial charge in [0.25, 0.3) is 0 Å². The quantitative estimate of drug-likeness (QED) is 0.347. The summed E-state index contributed by atoms with van der Waals surface area (Å²) in [6, 6.07) is 9.36. The maximum atomic E-state index is 12.5. The van der Waals surface area contributed by atoms with Gasteiger partial charge >= 0.3 is 12.1 Å². The Kier molecular flexibility index (Phi) is 12.6. The van der Waals surface area contributed by atoms with Gasteiger partial charge in [0.05, 0.1) is 12.1 Å². The maximum Gasteiger partial charge on any atom is 0.490 e. The molecule has 0 fully saturated rings. The summed E-state index contributed by atoms with van der Waals surface area (Å²) in [5.41, 5.74) is 14.1. The zero-order valence-corrected chi connectivity index (χ0v) is 20.0. The molecule has 0 bridgehead atoms. The summed E-state index contributed by atoms with van der Waals surface area (Å²) >= 11 is 1.62. The number of hydrogen-bond donors (Lipinski definition) is 4. The first-order chi connectivity index (χ1) is 15.9. The number of nitrogens with one attached hydrogen (secondary N) is 1. The van der Waals surface area contributed by atoms with Crippen LogP contribution in [-0.2, 0) is 16.0 Å². The van der Waals surface area contributed by atoms with Crippen LogP contribution in [0.1, 0.15) is 35.3 Å². The van der Waals surface area contributed by atoms with Gasteiger partial charge in [-0.25, -0.2) is 4.79 Å². The molecule has 1 aromatic carbocycles. The van der Waals surface area contributed by atoms with Crippen LogP contribution < -0.4 is 21.5 Å². The number of aliphatic carboxylic acids is 1. The standard InChI is InChI=1S/C21H31N3O2S.C2HF3O2/c1-15-8-9-18(12-16(15)2)26-14-17(6-3-4-10-22)24-21(25)20(23)13-19-7-5-11-27-19;3-2(4,5)1(6)7/h5,7-9,11-12,17,20H,3-4,6,10,13-14,22-23H2,1-2H3,(H,24,25);(H,6,7)/t17-,20-;/m0./s1. The third kappa shape index (κ3) is 11.5. The summed E-state index contributed by atoms with van der Waals surface area (Å²) in [6.45, 7) is 5.21. The second-order valence-electron chi connectivity index (χ2n) is 7.74. The Morgan fingerprint density at radius 1 is 1.18 bits per heavy atom. The summed E-state index contributed by atoms with van der Waals surface area (Å²) in [5.74, 6) is -2.07. The van der Waals surface area contributed by atoms with Crippen molar-refractivity contribution in [1.82, 2.24) is 5.32 Å². The van der Waals surface area contributed by atoms with E-state index in [2.05, 4.69) is 19.2 Å². The Bertz CT molecular complexity index is 892. The van der Waals surface area contributed by atoms with Crippen LogP contribution in [0.2, 0.25) is 0 Å². The highest BCUT2D eigenvalue weighted by molar-refractivity contribution is 7.09. The van der Waals surface area contributed by atoms with Crippen LogP contribution in [0.15, 0.2) is 35.7 Å². The van der Waals surface area contributed by atoms with E-state index in [9.17, 15) is 18.0 Å². The highest BCUT2D eigenvalue weighted by Gasteiger charge is 2.38. The number of ether oxygens (including phenoxy) is 1. The molecule has 11 heteroatoms. The van der Waals surface area contributed by atoms with Gasteiger partial charge in [-0.3, -0.25) is 4.79 Å². The molecule has 0 aliphatic rings. The Balaban J connectivity index is 0.000000718. The first-order valence-corrected chi connectivity index (χ1v) is 11.6. The van der Waals surface area contributed by atoms with E-state index >= 15 is 0 Å². The number of carbonyl (C=O) groups excluding carboxylic acids is 1. The molecule has 7 nitrogen and oxygen atoms in total. The highest BCUT2D eigenvalue weighted by Crippen LogP contribution is 2.17. The van der Waals surface area contributed by atoms with Gasteiger partial charge in [-0.1, -0.05) is 18.6 Å². The third-order valence-electron chi connectivity index (χ3n) is 4.86. The van der Waals surface area contributed by atoms with Gasteiger partial charge in [-0.15, -0.1) is 11.3 Å². The normalized spacial score (nSPS) is 12.8. The zero-order valence-electron chi connectivity index (χ0n) is 19.2. The summed E-state index contributed by atoms with van der Waals surface area (Å²) in [7, 11) is 0. The van der Waals surface area contributed by atoms with Crippen molar-refractivity contribution in [3.8, 4) is 5.75 Å². The summed E-state index contributed by atoms with van der Waals surface area (Å²) < 4.78 is 37.7. The molecular weight excluding hydrogens is 471 g/mol. The van der Waals surface area contributed by atoms with E-state index in [1.165, 1.54) is 11.1 Å². The van der Waals surface area contributed by atoms with Crippen molar-refractivity contribution < 1.29 is 32.6 Å². The Labute approximate surface area is 201 Å². The SMILES string of the molecule is Cc1ccc(OC[C@H](CCCCN)NC(=O)[C@@H](N)Cc2cccs2)cc1C.O=C(O)C(F)(F)F. The Morgan fingerprint density at radius 3 is 2.38 bits per heavy atom. The van der Waals surface area contributed by atoms with E-state index in [1.54, 1.807) is 11.3 Å². The van der Waals surface area contributed by atoms with E-state index in [0.29, 0.717) is 19.6 Å². The number of carbonyl (C=O) groups is 2. The van der Waals surface area contributed by atoms with Crippen LogP contribution in [0.3, 0.4) is 0 Å². The van der Waals surface area contributed by atoms with Crippen LogP contribution in [0, 0.1) is 13.8 Å². The molecule has 1 aromatic heterocycles. The maximum absolute atomic E-state index is 12.5. The minimum absolute atomic E-state index is 0.0833. The number of amides is 1. The number of hydrogen-bond acceptors (Lipinski definition) is 6. The molecule has 0 aliphatic carbocycles. The molecule has 1 heterocycles. The minimum Gasteiger partial charge on any atom is -0.491 e. The number of carboxylic acid groups (broad SMARTS) is 1. The van der Waals surface area contributed by atoms with Crippen LogP contribution in [0.4, 0.5) is 13.2 Å². The summed E-state index contributed by atoms with van der Waals surface area (Å²) in [5, 5.41) is 12.2. The van der Waals surface area contributed by atoms with Crippen molar-refractivity contribution in [3.05, 3.63) is 51.7 Å². The van der Waals surface area contributed by atoms with Gasteiger partial charge in [0.15, 0.2) is 0 Å². The van der Waals surface area contributed by atoms with Crippen molar-refractivity contribution in [3.63, 3.8) is 0 Å². The first kappa shape index (κ1) is 29.4. The van der Waals surface area contributed by atoms with Gasteiger partial charge in [0.1, 0.15) is 12.4 Å². The third-order valence-corrected chi connectivity index (χ3v) is 5.76. The van der Waals surface area contributed by atoms with Crippen molar-refractivity contribution in [2.45, 2.75) is 57.8 Å². The smallest absolute Gasteiger partial charge is 0.490 e. The van der Waals surface area contributed by atoms with Crippen molar-refractivity contribution in [1.29, 1.82) is 0 Å². The van der Waals surface area contributed by atoms with E-state index < -0.39 is 18.2 Å². The molecule has 6 N–H and O–H groups in total. The molecular formula is C23H32F3N3O4S. The van der Waals surface area contributed by atoms with Gasteiger partial charge in [0.2, 0.25) is 5.91 Å². The molecule has 2 atom stereocenters. The lowest BCUT2D eigenvalue weighted by Crippen LogP contribution is -2.48. The van der Waals surface area contributed by atoms with Gasteiger partial charge < -0.3 is 26.6 Å². The lowest BCUT2D eigenvalue weighted by molar-refractivity contribution is -0.192. The average Bonchev–Trinajstić information content (AvgIpc) is 3.27. The molecule has 0 saturated carbocycles. The van der Waals surface area contributed by atoms with E-state index in [0.717, 1.165) is 29.9 Å². The number of nitrogens with two attached hydrogens (primary N) is 2. The molecule has 1 amide bonds. The number of rotatable bonds is 11. The predicted molar refractivity (Wildman–Crippen MR) is 126 cm³/mol. The van der Waals surface area contributed by atoms with Crippen molar-refractivity contribution >= 4 is 23.2 Å². The number of halogens is 3. The molecule has 190 valence electrons. The predicted octanol–water partition coefficient (Wildman–Crippen LogP) is 3.56. The lowest BCUT2D eigenvalue weighted by Gasteiger charge is -2.21. The van der Waals surface area contributed by atoms with E-state index in [4.69, 9.17) is 26.1 Å². The first-order valence-electron chi connectivity index (χ1n) is 10.7. The molecule has 34 heavy (non-hydrogen) atoms. The fourth-order valence-electron chi connectivity index (χ4n) is 2.78. The fourth-order valence-corrected chi connectivity index (χ4v) is 3.54. The zero-order chi connectivity index (χ0) is 25.7. The van der Waals surface area contributed by atoms with Crippen LogP contribution >= 0.6 is 11.3 Å². The lowest BCUT2D eigenvalue weighted by atomic mass is 10.1. The van der Waals surface area contributed by atoms with Crippen LogP contribution in [-0.4, -0.2) is 48.4 Å². The minimum atomic E-state index is -5.08. The van der Waals surface area contributed by atoms with Gasteiger partial charge in [-0.2, -0.15) is 13.2 Å². The highest BCUT2D eigenvalue weighted by atomic mass is 32.1. The molecule has 0 radical (unpaired) electrons. The largest absolute Gasteiger partial charge is 0.491 e. The summed E-state index contributed by atoms with van der Waals surface area (Å²) in [4.78, 5) is 22.5. The molecule has 0 unspecified atom stereocenters. The topological polar surface area (TPSA) is 128 Å². The number of aryl methyl sites for hydroxylation is 2. The average molecular weight is 504 g/mol. The second kappa shape index (κ2) is 14.6. The van der Waals surface area contributed by atoms with Crippen LogP contribution in [0.25, 0.3) is 0 Å². The Hall–Kier alpha value is -2.63. The number of thiophene rings is 1. The monoisotopic (exact) mass is 503 g/mol. The molecule has 2 rings (SSSR count). The second-order valence-corrected chi connectivity index (χ2v) is 8.77. The van der Waals surface area contributed by atoms with E-state index in [1.807, 2.05) is 35.7 Å². The van der Waals surface area contributed by atoms with Gasteiger partial charge in [0, 0.05) is 11.3 Å². The number of benzene rings is 1. The molecule has 0 aliphatic heterocycles. The fraction of sp³-hybridized carbons (Fsp3) is 0.478. The Morgan fingerprint density at radius 2 is 1.85 bits per heavy atom. The van der Waals surface area contributed by atoms with Crippen molar-refractivity contribution in [2.24, 2.45) is 11.5 Å². The number of alkyl halides is 3. The van der Waals surface area contributed by atoms with E-state index in [-0.39, 0.29) is 11.9 Å². The summed E-state index contributed by atoms with van der Waals surface area (Å²) in [6.07, 6.45) is -1.84. The number of unbranched alkanes of at least 4 members (excludes halogenated alkanes) is 1.